The normalized spacial score (nSPS) is 10.8. The Balaban J connectivity index is 1.97. The van der Waals surface area contributed by atoms with E-state index in [-0.39, 0.29) is 0 Å². The summed E-state index contributed by atoms with van der Waals surface area (Å²) in [7, 11) is 1.83. The number of benzene rings is 1. The second-order valence-corrected chi connectivity index (χ2v) is 4.58. The van der Waals surface area contributed by atoms with Crippen LogP contribution in [-0.2, 0) is 7.05 Å². The molecule has 2 heterocycles. The number of aromatic nitrogens is 4. The first-order valence-corrected chi connectivity index (χ1v) is 6.05. The average molecular weight is 253 g/mol. The molecule has 0 aliphatic carbocycles. The van der Waals surface area contributed by atoms with Gasteiger partial charge in [0.2, 0.25) is 0 Å². The minimum atomic E-state index is 0.669. The lowest BCUT2D eigenvalue weighted by Crippen LogP contribution is -1.98. The van der Waals surface area contributed by atoms with E-state index in [4.69, 9.17) is 5.73 Å². The molecule has 1 aromatic carbocycles. The number of nitrogen functional groups attached to an aromatic ring is 1. The Morgan fingerprint density at radius 1 is 1.05 bits per heavy atom. The Morgan fingerprint density at radius 3 is 2.32 bits per heavy atom. The van der Waals surface area contributed by atoms with Crippen molar-refractivity contribution in [3.8, 4) is 16.8 Å². The van der Waals surface area contributed by atoms with Crippen LogP contribution in [0.5, 0.6) is 0 Å². The van der Waals surface area contributed by atoms with Crippen molar-refractivity contribution in [2.45, 2.75) is 6.92 Å². The van der Waals surface area contributed by atoms with E-state index in [0.29, 0.717) is 5.82 Å². The van der Waals surface area contributed by atoms with E-state index in [9.17, 15) is 0 Å². The Bertz CT molecular complexity index is 706. The van der Waals surface area contributed by atoms with Crippen LogP contribution in [0.4, 0.5) is 5.82 Å². The van der Waals surface area contributed by atoms with Gasteiger partial charge in [0.25, 0.3) is 0 Å². The smallest absolute Gasteiger partial charge is 0.129 e. The molecule has 0 saturated carbocycles. The molecule has 5 nitrogen and oxygen atoms in total. The highest BCUT2D eigenvalue weighted by atomic mass is 15.3. The first-order chi connectivity index (χ1) is 9.15. The quantitative estimate of drug-likeness (QED) is 0.761. The van der Waals surface area contributed by atoms with Crippen molar-refractivity contribution < 1.29 is 0 Å². The maximum absolute atomic E-state index is 5.97. The van der Waals surface area contributed by atoms with Crippen molar-refractivity contribution in [2.75, 3.05) is 5.73 Å². The Morgan fingerprint density at radius 2 is 1.79 bits per heavy atom. The van der Waals surface area contributed by atoms with Gasteiger partial charge in [-0.15, -0.1) is 0 Å². The van der Waals surface area contributed by atoms with Gasteiger partial charge in [0.05, 0.1) is 18.1 Å². The summed E-state index contributed by atoms with van der Waals surface area (Å²) in [6.07, 6.45) is 5.61. The Labute approximate surface area is 111 Å². The molecule has 0 aliphatic rings. The zero-order chi connectivity index (χ0) is 13.4. The van der Waals surface area contributed by atoms with Crippen LogP contribution in [0.3, 0.4) is 0 Å². The van der Waals surface area contributed by atoms with Crippen LogP contribution in [0.2, 0.25) is 0 Å². The standard InChI is InChI=1S/C14H15N5/c1-10-7-17-19(9-10)12-5-3-11(4-6-12)13-8-16-18(2)14(13)15/h3-9H,15H2,1-2H3. The first-order valence-electron chi connectivity index (χ1n) is 6.05. The summed E-state index contributed by atoms with van der Waals surface area (Å²) >= 11 is 0. The predicted octanol–water partition coefficient (Wildman–Crippen LogP) is 2.16. The molecule has 2 aromatic heterocycles. The van der Waals surface area contributed by atoms with Crippen molar-refractivity contribution in [1.82, 2.24) is 19.6 Å². The molecule has 3 aromatic rings. The molecule has 0 bridgehead atoms. The summed E-state index contributed by atoms with van der Waals surface area (Å²) in [5, 5.41) is 8.44. The van der Waals surface area contributed by atoms with E-state index in [0.717, 1.165) is 22.4 Å². The van der Waals surface area contributed by atoms with Crippen molar-refractivity contribution in [2.24, 2.45) is 7.05 Å². The lowest BCUT2D eigenvalue weighted by Gasteiger charge is -2.04. The summed E-state index contributed by atoms with van der Waals surface area (Å²) in [4.78, 5) is 0. The Hall–Kier alpha value is -2.56. The predicted molar refractivity (Wildman–Crippen MR) is 74.9 cm³/mol. The molecular formula is C14H15N5. The monoisotopic (exact) mass is 253 g/mol. The fourth-order valence-corrected chi connectivity index (χ4v) is 2.02. The molecule has 0 amide bonds. The minimum absolute atomic E-state index is 0.669. The van der Waals surface area contributed by atoms with E-state index in [1.165, 1.54) is 0 Å². The van der Waals surface area contributed by atoms with E-state index >= 15 is 0 Å². The van der Waals surface area contributed by atoms with Gasteiger partial charge in [0.1, 0.15) is 5.82 Å². The topological polar surface area (TPSA) is 61.7 Å². The van der Waals surface area contributed by atoms with E-state index in [1.54, 1.807) is 10.9 Å². The largest absolute Gasteiger partial charge is 0.383 e. The fourth-order valence-electron chi connectivity index (χ4n) is 2.02. The van der Waals surface area contributed by atoms with Gasteiger partial charge in [-0.1, -0.05) is 12.1 Å². The maximum atomic E-state index is 5.97. The van der Waals surface area contributed by atoms with E-state index < -0.39 is 0 Å². The molecule has 19 heavy (non-hydrogen) atoms. The van der Waals surface area contributed by atoms with Crippen molar-refractivity contribution >= 4 is 5.82 Å². The minimum Gasteiger partial charge on any atom is -0.383 e. The van der Waals surface area contributed by atoms with E-state index in [2.05, 4.69) is 10.2 Å². The first kappa shape index (κ1) is 11.5. The third kappa shape index (κ3) is 1.99. The SMILES string of the molecule is Cc1cnn(-c2ccc(-c3cnn(C)c3N)cc2)c1. The lowest BCUT2D eigenvalue weighted by molar-refractivity contribution is 0.779. The van der Waals surface area contributed by atoms with Crippen LogP contribution >= 0.6 is 0 Å². The van der Waals surface area contributed by atoms with Gasteiger partial charge in [-0.25, -0.2) is 4.68 Å². The number of rotatable bonds is 2. The van der Waals surface area contributed by atoms with Gasteiger partial charge in [-0.05, 0) is 30.2 Å². The number of anilines is 1. The van der Waals surface area contributed by atoms with Gasteiger partial charge in [0.15, 0.2) is 0 Å². The number of nitrogens with zero attached hydrogens (tertiary/aromatic N) is 4. The molecule has 0 atom stereocenters. The van der Waals surface area contributed by atoms with E-state index in [1.807, 2.05) is 55.3 Å². The molecule has 3 rings (SSSR count). The van der Waals surface area contributed by atoms with Crippen molar-refractivity contribution in [1.29, 1.82) is 0 Å². The number of aryl methyl sites for hydroxylation is 2. The maximum Gasteiger partial charge on any atom is 0.129 e. The van der Waals surface area contributed by atoms with Crippen LogP contribution in [0.1, 0.15) is 5.56 Å². The fraction of sp³-hybridized carbons (Fsp3) is 0.143. The molecular weight excluding hydrogens is 238 g/mol. The molecule has 0 radical (unpaired) electrons. The molecule has 2 N–H and O–H groups in total. The van der Waals surface area contributed by atoms with Crippen LogP contribution in [0.25, 0.3) is 16.8 Å². The van der Waals surface area contributed by atoms with Crippen LogP contribution in [-0.4, -0.2) is 19.6 Å². The zero-order valence-corrected chi connectivity index (χ0v) is 10.9. The van der Waals surface area contributed by atoms with Crippen LogP contribution < -0.4 is 5.73 Å². The highest BCUT2D eigenvalue weighted by molar-refractivity contribution is 5.73. The summed E-state index contributed by atoms with van der Waals surface area (Å²) in [5.41, 5.74) is 10.1. The molecule has 0 spiro atoms. The van der Waals surface area contributed by atoms with Gasteiger partial charge >= 0.3 is 0 Å². The molecule has 0 saturated heterocycles. The molecule has 96 valence electrons. The summed E-state index contributed by atoms with van der Waals surface area (Å²) in [6, 6.07) is 8.10. The summed E-state index contributed by atoms with van der Waals surface area (Å²) in [6.45, 7) is 2.02. The molecule has 0 unspecified atom stereocenters. The molecule has 5 heteroatoms. The average Bonchev–Trinajstić information content (AvgIpc) is 2.98. The van der Waals surface area contributed by atoms with Crippen LogP contribution in [0, 0.1) is 6.92 Å². The van der Waals surface area contributed by atoms with Crippen LogP contribution in [0.15, 0.2) is 42.9 Å². The summed E-state index contributed by atoms with van der Waals surface area (Å²) in [5.74, 6) is 0.669. The van der Waals surface area contributed by atoms with Gasteiger partial charge in [-0.3, -0.25) is 4.68 Å². The van der Waals surface area contributed by atoms with Crippen molar-refractivity contribution in [3.63, 3.8) is 0 Å². The third-order valence-electron chi connectivity index (χ3n) is 3.14. The van der Waals surface area contributed by atoms with Gasteiger partial charge in [-0.2, -0.15) is 10.2 Å². The number of hydrogen-bond acceptors (Lipinski definition) is 3. The second-order valence-electron chi connectivity index (χ2n) is 4.58. The molecule has 0 aliphatic heterocycles. The zero-order valence-electron chi connectivity index (χ0n) is 10.9. The highest BCUT2D eigenvalue weighted by Crippen LogP contribution is 2.25. The van der Waals surface area contributed by atoms with Crippen molar-refractivity contribution in [3.05, 3.63) is 48.4 Å². The number of nitrogens with two attached hydrogens (primary N) is 1. The number of hydrogen-bond donors (Lipinski definition) is 1. The van der Waals surface area contributed by atoms with Gasteiger partial charge < -0.3 is 5.73 Å². The highest BCUT2D eigenvalue weighted by Gasteiger charge is 2.07. The Kier molecular flexibility index (Phi) is 2.59. The second kappa shape index (κ2) is 4.28. The molecule has 0 fully saturated rings. The third-order valence-corrected chi connectivity index (χ3v) is 3.14. The van der Waals surface area contributed by atoms with Gasteiger partial charge in [0, 0.05) is 18.8 Å². The summed E-state index contributed by atoms with van der Waals surface area (Å²) < 4.78 is 3.52. The lowest BCUT2D eigenvalue weighted by atomic mass is 10.1.